The van der Waals surface area contributed by atoms with E-state index in [1.165, 1.54) is 18.2 Å². The van der Waals surface area contributed by atoms with E-state index < -0.39 is 17.7 Å². The van der Waals surface area contributed by atoms with E-state index >= 15 is 0 Å². The second kappa shape index (κ2) is 5.48. The molecule has 0 aliphatic heterocycles. The maximum absolute atomic E-state index is 13.9. The molecule has 1 atom stereocenters. The number of benzene rings is 1. The quantitative estimate of drug-likeness (QED) is 0.920. The minimum Gasteiger partial charge on any atom is -0.308 e. The third kappa shape index (κ3) is 2.51. The maximum Gasteiger partial charge on any atom is 0.131 e. The average molecular weight is 265 g/mol. The van der Waals surface area contributed by atoms with Gasteiger partial charge in [-0.1, -0.05) is 13.0 Å². The molecule has 1 heterocycles. The van der Waals surface area contributed by atoms with Gasteiger partial charge >= 0.3 is 0 Å². The van der Waals surface area contributed by atoms with E-state index in [-0.39, 0.29) is 5.56 Å². The molecule has 1 N–H and O–H groups in total. The number of rotatable bonds is 4. The van der Waals surface area contributed by atoms with E-state index in [4.69, 9.17) is 0 Å². The van der Waals surface area contributed by atoms with Crippen molar-refractivity contribution in [1.82, 2.24) is 15.1 Å². The standard InChI is InChI=1S/C14H17F2N3/c1-4-9-8-12(19(3)18-9)14(17-2)13-10(15)6-5-7-11(13)16/h5-8,14,17H,4H2,1-3H3. The monoisotopic (exact) mass is 265 g/mol. The van der Waals surface area contributed by atoms with Gasteiger partial charge in [0, 0.05) is 12.6 Å². The maximum atomic E-state index is 13.9. The Morgan fingerprint density at radius 3 is 2.42 bits per heavy atom. The van der Waals surface area contributed by atoms with Crippen molar-refractivity contribution in [2.24, 2.45) is 7.05 Å². The molecule has 0 saturated heterocycles. The molecule has 0 spiro atoms. The second-order valence-corrected chi connectivity index (χ2v) is 4.39. The summed E-state index contributed by atoms with van der Waals surface area (Å²) in [5.74, 6) is -1.11. The summed E-state index contributed by atoms with van der Waals surface area (Å²) in [5.41, 5.74) is 1.66. The van der Waals surface area contributed by atoms with Crippen molar-refractivity contribution in [3.05, 3.63) is 52.9 Å². The van der Waals surface area contributed by atoms with Gasteiger partial charge in [-0.2, -0.15) is 5.10 Å². The average Bonchev–Trinajstić information content (AvgIpc) is 2.75. The normalized spacial score (nSPS) is 12.7. The molecule has 1 aromatic carbocycles. The van der Waals surface area contributed by atoms with Crippen molar-refractivity contribution >= 4 is 0 Å². The van der Waals surface area contributed by atoms with Crippen LogP contribution in [0.1, 0.15) is 29.9 Å². The summed E-state index contributed by atoms with van der Waals surface area (Å²) in [4.78, 5) is 0. The first kappa shape index (κ1) is 13.7. The van der Waals surface area contributed by atoms with Crippen LogP contribution in [0.4, 0.5) is 8.78 Å². The molecular weight excluding hydrogens is 248 g/mol. The van der Waals surface area contributed by atoms with Gasteiger partial charge in [-0.05, 0) is 31.7 Å². The summed E-state index contributed by atoms with van der Waals surface area (Å²) >= 11 is 0. The van der Waals surface area contributed by atoms with Crippen molar-refractivity contribution < 1.29 is 8.78 Å². The lowest BCUT2D eigenvalue weighted by Gasteiger charge is -2.18. The Hall–Kier alpha value is -1.75. The van der Waals surface area contributed by atoms with Crippen molar-refractivity contribution in [3.8, 4) is 0 Å². The fourth-order valence-electron chi connectivity index (χ4n) is 2.21. The Kier molecular flexibility index (Phi) is 3.95. The van der Waals surface area contributed by atoms with Gasteiger partial charge in [0.1, 0.15) is 11.6 Å². The van der Waals surface area contributed by atoms with E-state index in [2.05, 4.69) is 10.4 Å². The second-order valence-electron chi connectivity index (χ2n) is 4.39. The fourth-order valence-corrected chi connectivity index (χ4v) is 2.21. The van der Waals surface area contributed by atoms with E-state index in [9.17, 15) is 8.78 Å². The van der Waals surface area contributed by atoms with E-state index in [0.717, 1.165) is 17.8 Å². The van der Waals surface area contributed by atoms with Crippen LogP contribution in [0.2, 0.25) is 0 Å². The molecule has 0 radical (unpaired) electrons. The molecule has 3 nitrogen and oxygen atoms in total. The lowest BCUT2D eigenvalue weighted by molar-refractivity contribution is 0.506. The first-order valence-electron chi connectivity index (χ1n) is 6.22. The van der Waals surface area contributed by atoms with Gasteiger partial charge in [0.2, 0.25) is 0 Å². The molecule has 1 aromatic heterocycles. The zero-order valence-corrected chi connectivity index (χ0v) is 11.2. The lowest BCUT2D eigenvalue weighted by Crippen LogP contribution is -2.23. The highest BCUT2D eigenvalue weighted by molar-refractivity contribution is 5.31. The Morgan fingerprint density at radius 1 is 1.32 bits per heavy atom. The summed E-state index contributed by atoms with van der Waals surface area (Å²) in [5, 5.41) is 7.27. The van der Waals surface area contributed by atoms with Gasteiger partial charge in [0.05, 0.1) is 17.4 Å². The Morgan fingerprint density at radius 2 is 1.95 bits per heavy atom. The number of aromatic nitrogens is 2. The number of nitrogens with one attached hydrogen (secondary N) is 1. The molecule has 19 heavy (non-hydrogen) atoms. The highest BCUT2D eigenvalue weighted by Crippen LogP contribution is 2.26. The number of halogens is 2. The van der Waals surface area contributed by atoms with Crippen LogP contribution in [0.3, 0.4) is 0 Å². The molecule has 5 heteroatoms. The zero-order valence-electron chi connectivity index (χ0n) is 11.2. The molecule has 2 rings (SSSR count). The first-order chi connectivity index (χ1) is 9.08. The van der Waals surface area contributed by atoms with Gasteiger partial charge in [0.15, 0.2) is 0 Å². The van der Waals surface area contributed by atoms with Gasteiger partial charge in [-0.25, -0.2) is 8.78 Å². The zero-order chi connectivity index (χ0) is 14.0. The van der Waals surface area contributed by atoms with Crippen LogP contribution in [0.25, 0.3) is 0 Å². The molecule has 0 aliphatic rings. The molecule has 0 aliphatic carbocycles. The lowest BCUT2D eigenvalue weighted by atomic mass is 10.0. The van der Waals surface area contributed by atoms with Crippen LogP contribution < -0.4 is 5.32 Å². The highest BCUT2D eigenvalue weighted by Gasteiger charge is 2.23. The van der Waals surface area contributed by atoms with Crippen molar-refractivity contribution in [2.75, 3.05) is 7.05 Å². The molecule has 0 amide bonds. The topological polar surface area (TPSA) is 29.9 Å². The van der Waals surface area contributed by atoms with Crippen LogP contribution in [-0.2, 0) is 13.5 Å². The minimum atomic E-state index is -0.557. The fraction of sp³-hybridized carbons (Fsp3) is 0.357. The van der Waals surface area contributed by atoms with E-state index in [1.807, 2.05) is 13.0 Å². The molecule has 102 valence electrons. The first-order valence-corrected chi connectivity index (χ1v) is 6.22. The molecule has 2 aromatic rings. The Labute approximate surface area is 111 Å². The Bertz CT molecular complexity index is 558. The molecule has 0 fully saturated rings. The molecule has 0 saturated carbocycles. The molecule has 1 unspecified atom stereocenters. The highest BCUT2D eigenvalue weighted by atomic mass is 19.1. The summed E-state index contributed by atoms with van der Waals surface area (Å²) in [6, 6.07) is 5.20. The SMILES string of the molecule is CCc1cc(C(NC)c2c(F)cccc2F)n(C)n1. The van der Waals surface area contributed by atoms with Crippen molar-refractivity contribution in [2.45, 2.75) is 19.4 Å². The number of nitrogens with zero attached hydrogens (tertiary/aromatic N) is 2. The van der Waals surface area contributed by atoms with Crippen LogP contribution >= 0.6 is 0 Å². The number of aryl methyl sites for hydroxylation is 2. The van der Waals surface area contributed by atoms with E-state index in [0.29, 0.717) is 0 Å². The third-order valence-corrected chi connectivity index (χ3v) is 3.20. The Balaban J connectivity index is 2.53. The van der Waals surface area contributed by atoms with Crippen molar-refractivity contribution in [1.29, 1.82) is 0 Å². The summed E-state index contributed by atoms with van der Waals surface area (Å²) < 4.78 is 29.4. The molecular formula is C14H17F2N3. The van der Waals surface area contributed by atoms with Gasteiger partial charge < -0.3 is 5.32 Å². The van der Waals surface area contributed by atoms with Crippen LogP contribution in [-0.4, -0.2) is 16.8 Å². The smallest absolute Gasteiger partial charge is 0.131 e. The van der Waals surface area contributed by atoms with Crippen LogP contribution in [0, 0.1) is 11.6 Å². The van der Waals surface area contributed by atoms with Crippen LogP contribution in [0.15, 0.2) is 24.3 Å². The van der Waals surface area contributed by atoms with Gasteiger partial charge in [-0.15, -0.1) is 0 Å². The van der Waals surface area contributed by atoms with Gasteiger partial charge in [0.25, 0.3) is 0 Å². The molecule has 0 bridgehead atoms. The van der Waals surface area contributed by atoms with Crippen LogP contribution in [0.5, 0.6) is 0 Å². The van der Waals surface area contributed by atoms with Crippen molar-refractivity contribution in [3.63, 3.8) is 0 Å². The van der Waals surface area contributed by atoms with E-state index in [1.54, 1.807) is 18.8 Å². The summed E-state index contributed by atoms with van der Waals surface area (Å²) in [6.45, 7) is 1.99. The third-order valence-electron chi connectivity index (χ3n) is 3.20. The van der Waals surface area contributed by atoms with Gasteiger partial charge in [-0.3, -0.25) is 4.68 Å². The predicted molar refractivity (Wildman–Crippen MR) is 69.8 cm³/mol. The number of hydrogen-bond acceptors (Lipinski definition) is 2. The predicted octanol–water partition coefficient (Wildman–Crippen LogP) is 2.57. The number of hydrogen-bond donors (Lipinski definition) is 1. The largest absolute Gasteiger partial charge is 0.308 e. The summed E-state index contributed by atoms with van der Waals surface area (Å²) in [7, 11) is 3.45. The summed E-state index contributed by atoms with van der Waals surface area (Å²) in [6.07, 6.45) is 0.782. The minimum absolute atomic E-state index is 0.0238.